The smallest absolute Gasteiger partial charge is 0.224 e. The highest BCUT2D eigenvalue weighted by atomic mass is 19.1. The summed E-state index contributed by atoms with van der Waals surface area (Å²) in [4.78, 5) is 19.3. The number of likely N-dealkylation sites (tertiary alicyclic amines) is 1. The van der Waals surface area contributed by atoms with Gasteiger partial charge in [0.1, 0.15) is 42.8 Å². The first kappa shape index (κ1) is 24.7. The molecule has 3 aromatic heterocycles. The van der Waals surface area contributed by atoms with Crippen molar-refractivity contribution in [2.45, 2.75) is 25.6 Å². The van der Waals surface area contributed by atoms with Crippen LogP contribution in [0.1, 0.15) is 12.0 Å². The summed E-state index contributed by atoms with van der Waals surface area (Å²) in [7, 11) is 3.46. The molecule has 12 heteroatoms. The van der Waals surface area contributed by atoms with Crippen molar-refractivity contribution >= 4 is 28.1 Å². The molecule has 11 nitrogen and oxygen atoms in total. The molecule has 5 aromatic rings. The molecule has 0 amide bonds. The van der Waals surface area contributed by atoms with E-state index in [9.17, 15) is 4.39 Å². The lowest BCUT2D eigenvalue weighted by Gasteiger charge is -2.33. The molecule has 0 radical (unpaired) electrons. The number of halogens is 1. The molecule has 0 spiro atoms. The Morgan fingerprint density at radius 1 is 1.03 bits per heavy atom. The highest BCUT2D eigenvalue weighted by molar-refractivity contribution is 5.97. The first-order chi connectivity index (χ1) is 19.0. The molecular weight excluding hydrogens is 503 g/mol. The number of anilines is 2. The van der Waals surface area contributed by atoms with Crippen LogP contribution in [0.4, 0.5) is 15.9 Å². The number of aromatic nitrogens is 6. The summed E-state index contributed by atoms with van der Waals surface area (Å²) in [6, 6.07) is 11.0. The van der Waals surface area contributed by atoms with Crippen LogP contribution in [-0.4, -0.2) is 74.0 Å². The molecule has 2 unspecified atom stereocenters. The van der Waals surface area contributed by atoms with Crippen molar-refractivity contribution < 1.29 is 18.6 Å². The predicted molar refractivity (Wildman–Crippen MR) is 143 cm³/mol. The van der Waals surface area contributed by atoms with Gasteiger partial charge in [0.25, 0.3) is 0 Å². The number of nitrogens with zero attached hydrogens (tertiary/aromatic N) is 7. The first-order valence-corrected chi connectivity index (χ1v) is 12.5. The van der Waals surface area contributed by atoms with E-state index in [1.54, 1.807) is 30.1 Å². The van der Waals surface area contributed by atoms with Crippen LogP contribution in [0.2, 0.25) is 0 Å². The average molecular weight is 531 g/mol. The summed E-state index contributed by atoms with van der Waals surface area (Å²) in [6.07, 6.45) is 3.32. The molecule has 1 saturated heterocycles. The number of fused-ring (bicyclic) bond motifs is 2. The zero-order chi connectivity index (χ0) is 26.9. The quantitative estimate of drug-likeness (QED) is 0.326. The molecule has 200 valence electrons. The lowest BCUT2D eigenvalue weighted by molar-refractivity contribution is 0.0308. The average Bonchev–Trinajstić information content (AvgIpc) is 3.40. The Morgan fingerprint density at radius 3 is 2.72 bits per heavy atom. The molecule has 2 atom stereocenters. The van der Waals surface area contributed by atoms with Gasteiger partial charge >= 0.3 is 0 Å². The van der Waals surface area contributed by atoms with E-state index in [0.717, 1.165) is 17.8 Å². The van der Waals surface area contributed by atoms with E-state index in [-0.39, 0.29) is 0 Å². The Bertz CT molecular complexity index is 1640. The second kappa shape index (κ2) is 10.3. The minimum Gasteiger partial charge on any atom is -0.493 e. The number of nitrogens with one attached hydrogen (secondary N) is 1. The molecule has 4 heterocycles. The number of methoxy groups -OCH3 is 1. The van der Waals surface area contributed by atoms with Crippen LogP contribution in [0.25, 0.3) is 16.6 Å². The highest BCUT2D eigenvalue weighted by Gasteiger charge is 2.31. The van der Waals surface area contributed by atoms with Gasteiger partial charge in [-0.1, -0.05) is 0 Å². The van der Waals surface area contributed by atoms with Crippen molar-refractivity contribution in [3.63, 3.8) is 0 Å². The summed E-state index contributed by atoms with van der Waals surface area (Å²) < 4.78 is 34.3. The maximum absolute atomic E-state index is 14.9. The van der Waals surface area contributed by atoms with Gasteiger partial charge in [-0.3, -0.25) is 0 Å². The third-order valence-electron chi connectivity index (χ3n) is 6.69. The fourth-order valence-corrected chi connectivity index (χ4v) is 4.65. The van der Waals surface area contributed by atoms with Crippen LogP contribution < -0.4 is 19.5 Å². The molecule has 39 heavy (non-hydrogen) atoms. The van der Waals surface area contributed by atoms with E-state index in [1.807, 2.05) is 43.1 Å². The van der Waals surface area contributed by atoms with Gasteiger partial charge in [0, 0.05) is 24.8 Å². The SMILES string of the molecule is COc1ccc2ncnc(Nc3ccc(Oc4cc5ncnn5cn4)c(C)c3)c2c1OC1CCN(C)CC1F. The summed E-state index contributed by atoms with van der Waals surface area (Å²) in [5.74, 6) is 2.48. The van der Waals surface area contributed by atoms with Gasteiger partial charge in [-0.05, 0) is 56.3 Å². The highest BCUT2D eigenvalue weighted by Crippen LogP contribution is 2.41. The molecule has 1 fully saturated rings. The largest absolute Gasteiger partial charge is 0.493 e. The van der Waals surface area contributed by atoms with Crippen molar-refractivity contribution in [3.05, 3.63) is 60.9 Å². The van der Waals surface area contributed by atoms with Crippen molar-refractivity contribution in [1.82, 2.24) is 34.4 Å². The van der Waals surface area contributed by atoms with E-state index in [4.69, 9.17) is 14.2 Å². The number of hydrogen-bond acceptors (Lipinski definition) is 10. The molecule has 6 rings (SSSR count). The van der Waals surface area contributed by atoms with Gasteiger partial charge in [0.05, 0.1) is 18.0 Å². The number of alkyl halides is 1. The molecule has 0 bridgehead atoms. The predicted octanol–water partition coefficient (Wildman–Crippen LogP) is 4.34. The summed E-state index contributed by atoms with van der Waals surface area (Å²) >= 11 is 0. The van der Waals surface area contributed by atoms with Crippen LogP contribution in [0.15, 0.2) is 55.4 Å². The van der Waals surface area contributed by atoms with Gasteiger partial charge in [-0.15, -0.1) is 0 Å². The van der Waals surface area contributed by atoms with E-state index in [1.165, 1.54) is 12.7 Å². The van der Waals surface area contributed by atoms with Gasteiger partial charge in [-0.2, -0.15) is 5.10 Å². The van der Waals surface area contributed by atoms with Crippen molar-refractivity contribution in [3.8, 4) is 23.1 Å². The second-order valence-electron chi connectivity index (χ2n) is 9.43. The second-order valence-corrected chi connectivity index (χ2v) is 9.43. The van der Waals surface area contributed by atoms with Gasteiger partial charge < -0.3 is 24.4 Å². The van der Waals surface area contributed by atoms with Crippen LogP contribution >= 0.6 is 0 Å². The number of rotatable bonds is 7. The topological polar surface area (TPSA) is 112 Å². The number of ether oxygens (including phenoxy) is 3. The number of aryl methyl sites for hydroxylation is 1. The molecule has 1 N–H and O–H groups in total. The molecule has 0 saturated carbocycles. The summed E-state index contributed by atoms with van der Waals surface area (Å²) in [6.45, 7) is 3.00. The van der Waals surface area contributed by atoms with Crippen molar-refractivity contribution in [2.24, 2.45) is 0 Å². The van der Waals surface area contributed by atoms with Gasteiger partial charge in [-0.25, -0.2) is 28.8 Å². The molecule has 2 aromatic carbocycles. The lowest BCUT2D eigenvalue weighted by Crippen LogP contribution is -2.45. The fourth-order valence-electron chi connectivity index (χ4n) is 4.65. The van der Waals surface area contributed by atoms with Crippen LogP contribution in [0.5, 0.6) is 23.1 Å². The molecule has 0 aliphatic carbocycles. The molecular formula is C27H27FN8O3. The zero-order valence-corrected chi connectivity index (χ0v) is 21.7. The number of piperidine rings is 1. The molecule has 1 aliphatic heterocycles. The minimum atomic E-state index is -1.13. The van der Waals surface area contributed by atoms with Crippen molar-refractivity contribution in [1.29, 1.82) is 0 Å². The Balaban J connectivity index is 1.30. The first-order valence-electron chi connectivity index (χ1n) is 12.5. The normalized spacial score (nSPS) is 17.8. The Morgan fingerprint density at radius 2 is 1.90 bits per heavy atom. The standard InChI is InChI=1S/C27H27FN8O3/c1-16-10-17(4-6-20(16)38-24-11-23-30-14-33-36(23)15-32-24)34-27-25-19(29-13-31-27)5-7-22(37-3)26(25)39-21-8-9-35(2)12-18(21)28/h4-7,10-11,13-15,18,21H,8-9,12H2,1-3H3,(H,29,31,34). The van der Waals surface area contributed by atoms with Gasteiger partial charge in [0.2, 0.25) is 5.88 Å². The van der Waals surface area contributed by atoms with E-state index in [2.05, 4.69) is 30.4 Å². The Kier molecular flexibility index (Phi) is 6.53. The number of hydrogen-bond donors (Lipinski definition) is 1. The Hall–Kier alpha value is -4.58. The van der Waals surface area contributed by atoms with Crippen molar-refractivity contribution in [2.75, 3.05) is 32.6 Å². The Labute approximate surface area is 223 Å². The lowest BCUT2D eigenvalue weighted by atomic mass is 10.1. The van der Waals surface area contributed by atoms with Crippen LogP contribution in [-0.2, 0) is 0 Å². The van der Waals surface area contributed by atoms with E-state index in [0.29, 0.717) is 58.5 Å². The van der Waals surface area contributed by atoms with Crippen LogP contribution in [0, 0.1) is 6.92 Å². The maximum atomic E-state index is 14.9. The van der Waals surface area contributed by atoms with Crippen LogP contribution in [0.3, 0.4) is 0 Å². The summed E-state index contributed by atoms with van der Waals surface area (Å²) in [5.41, 5.74) is 2.94. The third-order valence-corrected chi connectivity index (χ3v) is 6.69. The maximum Gasteiger partial charge on any atom is 0.224 e. The van der Waals surface area contributed by atoms with E-state index < -0.39 is 12.3 Å². The van der Waals surface area contributed by atoms with E-state index >= 15 is 0 Å². The monoisotopic (exact) mass is 530 g/mol. The number of benzene rings is 2. The fraction of sp³-hybridized carbons (Fsp3) is 0.296. The third kappa shape index (κ3) is 4.98. The summed E-state index contributed by atoms with van der Waals surface area (Å²) in [5, 5.41) is 8.03. The minimum absolute atomic E-state index is 0.315. The van der Waals surface area contributed by atoms with Gasteiger partial charge in [0.15, 0.2) is 17.1 Å². The zero-order valence-electron chi connectivity index (χ0n) is 21.7. The molecule has 1 aliphatic rings.